The third kappa shape index (κ3) is 2.37. The Morgan fingerprint density at radius 2 is 2.06 bits per heavy atom. The first-order valence-electron chi connectivity index (χ1n) is 6.50. The fourth-order valence-corrected chi connectivity index (χ4v) is 6.67. The molecular weight excluding hydrogens is 256 g/mol. The predicted octanol–water partition coefficient (Wildman–Crippen LogP) is 1.88. The first-order valence-corrected chi connectivity index (χ1v) is 8.47. The van der Waals surface area contributed by atoms with Crippen LogP contribution >= 0.6 is 23.5 Å². The smallest absolute Gasteiger partial charge is 0.107 e. The van der Waals surface area contributed by atoms with Crippen LogP contribution in [-0.2, 0) is 9.47 Å². The fraction of sp³-hybridized carbons (Fsp3) is 1.00. The van der Waals surface area contributed by atoms with Gasteiger partial charge < -0.3 is 14.6 Å². The molecule has 3 atom stereocenters. The maximum atomic E-state index is 9.41. The number of rotatable bonds is 1. The Morgan fingerprint density at radius 3 is 2.82 bits per heavy atom. The standard InChI is InChI=1S/C12H20O3S2/c13-8-9-7-12(16-5-2-6-17-12)11-10(15-9)3-1-4-14-11/h9-11,13H,1-8H2/t9-,10+,11-/m0/s1. The molecule has 3 nitrogen and oxygen atoms in total. The molecule has 0 bridgehead atoms. The molecular formula is C12H20O3S2. The summed E-state index contributed by atoms with van der Waals surface area (Å²) >= 11 is 4.08. The minimum absolute atomic E-state index is 0.0102. The molecule has 3 fully saturated rings. The monoisotopic (exact) mass is 276 g/mol. The highest BCUT2D eigenvalue weighted by atomic mass is 32.2. The Kier molecular flexibility index (Phi) is 3.92. The molecule has 0 aromatic heterocycles. The van der Waals surface area contributed by atoms with E-state index in [0.29, 0.717) is 0 Å². The van der Waals surface area contributed by atoms with Crippen molar-refractivity contribution in [2.75, 3.05) is 24.7 Å². The van der Waals surface area contributed by atoms with Crippen molar-refractivity contribution in [3.63, 3.8) is 0 Å². The lowest BCUT2D eigenvalue weighted by atomic mass is 9.94. The fourth-order valence-electron chi connectivity index (χ4n) is 3.01. The van der Waals surface area contributed by atoms with Crippen LogP contribution < -0.4 is 0 Å². The molecule has 0 amide bonds. The summed E-state index contributed by atoms with van der Waals surface area (Å²) in [4.78, 5) is 0. The van der Waals surface area contributed by atoms with E-state index < -0.39 is 0 Å². The van der Waals surface area contributed by atoms with Gasteiger partial charge in [0.1, 0.15) is 6.10 Å². The first kappa shape index (κ1) is 12.6. The molecule has 0 radical (unpaired) electrons. The Balaban J connectivity index is 1.82. The van der Waals surface area contributed by atoms with Crippen molar-refractivity contribution in [2.24, 2.45) is 0 Å². The summed E-state index contributed by atoms with van der Waals surface area (Å²) in [5.41, 5.74) is 0. The van der Waals surface area contributed by atoms with E-state index in [2.05, 4.69) is 0 Å². The molecule has 17 heavy (non-hydrogen) atoms. The summed E-state index contributed by atoms with van der Waals surface area (Å²) in [6, 6.07) is 0. The van der Waals surface area contributed by atoms with Crippen molar-refractivity contribution >= 4 is 23.5 Å². The molecule has 3 heterocycles. The van der Waals surface area contributed by atoms with Gasteiger partial charge in [0.05, 0.1) is 22.9 Å². The van der Waals surface area contributed by atoms with E-state index in [4.69, 9.17) is 9.47 Å². The van der Waals surface area contributed by atoms with Crippen LogP contribution in [0, 0.1) is 0 Å². The molecule has 0 unspecified atom stereocenters. The van der Waals surface area contributed by atoms with Gasteiger partial charge in [0.15, 0.2) is 0 Å². The summed E-state index contributed by atoms with van der Waals surface area (Å²) in [5, 5.41) is 9.41. The third-order valence-electron chi connectivity index (χ3n) is 3.77. The lowest BCUT2D eigenvalue weighted by Gasteiger charge is -2.52. The van der Waals surface area contributed by atoms with Gasteiger partial charge in [-0.2, -0.15) is 0 Å². The topological polar surface area (TPSA) is 38.7 Å². The van der Waals surface area contributed by atoms with Crippen LogP contribution in [0.2, 0.25) is 0 Å². The number of hydrogen-bond acceptors (Lipinski definition) is 5. The molecule has 3 aliphatic rings. The zero-order chi connectivity index (χ0) is 11.7. The minimum atomic E-state index is 0.0102. The van der Waals surface area contributed by atoms with Crippen molar-refractivity contribution in [3.05, 3.63) is 0 Å². The number of fused-ring (bicyclic) bond motifs is 2. The van der Waals surface area contributed by atoms with Crippen molar-refractivity contribution in [1.29, 1.82) is 0 Å². The Hall–Kier alpha value is 0.580. The molecule has 3 rings (SSSR count). The second-order valence-corrected chi connectivity index (χ2v) is 8.09. The highest BCUT2D eigenvalue weighted by Crippen LogP contribution is 2.53. The average molecular weight is 276 g/mol. The Labute approximate surface area is 111 Å². The Bertz CT molecular complexity index is 268. The van der Waals surface area contributed by atoms with Crippen LogP contribution in [0.25, 0.3) is 0 Å². The van der Waals surface area contributed by atoms with Crippen LogP contribution in [0.1, 0.15) is 25.7 Å². The Morgan fingerprint density at radius 1 is 1.24 bits per heavy atom. The second kappa shape index (κ2) is 5.29. The lowest BCUT2D eigenvalue weighted by Crippen LogP contribution is -2.58. The van der Waals surface area contributed by atoms with Gasteiger partial charge in [0.25, 0.3) is 0 Å². The van der Waals surface area contributed by atoms with Crippen LogP contribution in [0.5, 0.6) is 0 Å². The largest absolute Gasteiger partial charge is 0.394 e. The molecule has 0 aliphatic carbocycles. The highest BCUT2D eigenvalue weighted by molar-refractivity contribution is 8.18. The van der Waals surface area contributed by atoms with Crippen molar-refractivity contribution in [2.45, 2.75) is 48.1 Å². The first-order chi connectivity index (χ1) is 8.34. The average Bonchev–Trinajstić information content (AvgIpc) is 2.40. The quantitative estimate of drug-likeness (QED) is 0.792. The van der Waals surface area contributed by atoms with Gasteiger partial charge in [0.2, 0.25) is 0 Å². The molecule has 0 aromatic rings. The number of aliphatic hydroxyl groups is 1. The highest BCUT2D eigenvalue weighted by Gasteiger charge is 2.52. The van der Waals surface area contributed by atoms with E-state index in [1.165, 1.54) is 17.9 Å². The lowest BCUT2D eigenvalue weighted by molar-refractivity contribution is -0.172. The zero-order valence-electron chi connectivity index (χ0n) is 9.97. The zero-order valence-corrected chi connectivity index (χ0v) is 11.6. The van der Waals surface area contributed by atoms with Crippen molar-refractivity contribution < 1.29 is 14.6 Å². The summed E-state index contributed by atoms with van der Waals surface area (Å²) in [5.74, 6) is 2.44. The number of hydrogen-bond donors (Lipinski definition) is 1. The maximum absolute atomic E-state index is 9.41. The van der Waals surface area contributed by atoms with Crippen molar-refractivity contribution in [3.8, 4) is 0 Å². The van der Waals surface area contributed by atoms with Gasteiger partial charge in [-0.3, -0.25) is 0 Å². The predicted molar refractivity (Wildman–Crippen MR) is 71.6 cm³/mol. The number of ether oxygens (including phenoxy) is 2. The molecule has 98 valence electrons. The van der Waals surface area contributed by atoms with Gasteiger partial charge in [-0.25, -0.2) is 0 Å². The summed E-state index contributed by atoms with van der Waals surface area (Å²) in [6.45, 7) is 1.02. The molecule has 0 aromatic carbocycles. The van der Waals surface area contributed by atoms with E-state index >= 15 is 0 Å². The molecule has 1 N–H and O–H groups in total. The van der Waals surface area contributed by atoms with E-state index in [0.717, 1.165) is 25.9 Å². The molecule has 0 saturated carbocycles. The van der Waals surface area contributed by atoms with Gasteiger partial charge in [-0.05, 0) is 30.8 Å². The molecule has 3 saturated heterocycles. The van der Waals surface area contributed by atoms with Crippen molar-refractivity contribution in [1.82, 2.24) is 0 Å². The van der Waals surface area contributed by atoms with Gasteiger partial charge in [-0.15, -0.1) is 23.5 Å². The van der Waals surface area contributed by atoms with Crippen LogP contribution in [0.3, 0.4) is 0 Å². The molecule has 5 heteroatoms. The van der Waals surface area contributed by atoms with Crippen LogP contribution in [-0.4, -0.2) is 52.2 Å². The number of aliphatic hydroxyl groups excluding tert-OH is 1. The van der Waals surface area contributed by atoms with E-state index in [1.54, 1.807) is 0 Å². The molecule has 3 aliphatic heterocycles. The molecule has 1 spiro atoms. The van der Waals surface area contributed by atoms with E-state index in [1.807, 2.05) is 23.5 Å². The van der Waals surface area contributed by atoms with Crippen LogP contribution in [0.15, 0.2) is 0 Å². The van der Waals surface area contributed by atoms with Gasteiger partial charge >= 0.3 is 0 Å². The number of thioether (sulfide) groups is 2. The summed E-state index contributed by atoms with van der Waals surface area (Å²) in [6.07, 6.45) is 4.84. The maximum Gasteiger partial charge on any atom is 0.107 e. The summed E-state index contributed by atoms with van der Waals surface area (Å²) in [7, 11) is 0. The van der Waals surface area contributed by atoms with Crippen LogP contribution in [0.4, 0.5) is 0 Å². The second-order valence-electron chi connectivity index (χ2n) is 4.98. The SMILES string of the molecule is OC[C@@H]1CC2(SCCCS2)[C@H]2OCCC[C@H]2O1. The van der Waals surface area contributed by atoms with Gasteiger partial charge in [-0.1, -0.05) is 0 Å². The third-order valence-corrected chi connectivity index (χ3v) is 7.23. The van der Waals surface area contributed by atoms with Gasteiger partial charge in [0, 0.05) is 13.0 Å². The summed E-state index contributed by atoms with van der Waals surface area (Å²) < 4.78 is 12.1. The van der Waals surface area contributed by atoms with E-state index in [-0.39, 0.29) is 29.0 Å². The van der Waals surface area contributed by atoms with E-state index in [9.17, 15) is 5.11 Å². The minimum Gasteiger partial charge on any atom is -0.394 e. The normalized spacial score (nSPS) is 41.1.